The van der Waals surface area contributed by atoms with E-state index in [9.17, 15) is 5.11 Å². The second-order valence-electron chi connectivity index (χ2n) is 4.42. The monoisotopic (exact) mass is 208 g/mol. The molecule has 1 unspecified atom stereocenters. The Morgan fingerprint density at radius 3 is 2.60 bits per heavy atom. The van der Waals surface area contributed by atoms with Crippen LogP contribution in [0, 0.1) is 0 Å². The lowest BCUT2D eigenvalue weighted by molar-refractivity contribution is 0.0667. The Kier molecular flexibility index (Phi) is 3.85. The van der Waals surface area contributed by atoms with E-state index in [0.717, 1.165) is 12.1 Å². The molecule has 3 nitrogen and oxygen atoms in total. The highest BCUT2D eigenvalue weighted by Gasteiger charge is 2.20. The van der Waals surface area contributed by atoms with Gasteiger partial charge >= 0.3 is 0 Å². The van der Waals surface area contributed by atoms with E-state index in [1.54, 1.807) is 6.92 Å². The van der Waals surface area contributed by atoms with Gasteiger partial charge in [0, 0.05) is 13.1 Å². The highest BCUT2D eigenvalue weighted by atomic mass is 16.3. The molecule has 1 rings (SSSR count). The minimum Gasteiger partial charge on any atom is -0.384 e. The van der Waals surface area contributed by atoms with Gasteiger partial charge in [-0.05, 0) is 32.1 Å². The molecule has 0 aliphatic rings. The van der Waals surface area contributed by atoms with E-state index in [0.29, 0.717) is 0 Å². The van der Waals surface area contributed by atoms with Gasteiger partial charge in [0.2, 0.25) is 0 Å². The maximum absolute atomic E-state index is 10.0. The van der Waals surface area contributed by atoms with Gasteiger partial charge in [0.25, 0.3) is 0 Å². The summed E-state index contributed by atoms with van der Waals surface area (Å²) in [5.74, 6) is 0. The fourth-order valence-corrected chi connectivity index (χ4v) is 1.49. The summed E-state index contributed by atoms with van der Waals surface area (Å²) in [5, 5.41) is 10.0. The molecule has 1 aromatic carbocycles. The molecule has 0 aromatic heterocycles. The lowest BCUT2D eigenvalue weighted by atomic mass is 9.94. The number of hydrogen-bond acceptors (Lipinski definition) is 3. The number of hydrogen-bond donors (Lipinski definition) is 2. The molecule has 0 fully saturated rings. The maximum atomic E-state index is 10.0. The highest BCUT2D eigenvalue weighted by molar-refractivity contribution is 5.28. The van der Waals surface area contributed by atoms with Gasteiger partial charge in [-0.15, -0.1) is 0 Å². The third-order valence-corrected chi connectivity index (χ3v) is 2.45. The van der Waals surface area contributed by atoms with Crippen molar-refractivity contribution < 1.29 is 5.11 Å². The molecule has 1 aromatic rings. The number of aliphatic hydroxyl groups is 1. The number of nitrogens with zero attached hydrogens (tertiary/aromatic N) is 1. The zero-order valence-corrected chi connectivity index (χ0v) is 9.70. The van der Waals surface area contributed by atoms with Crippen LogP contribution < -0.4 is 5.73 Å². The molecule has 84 valence electrons. The Balaban J connectivity index is 2.92. The Labute approximate surface area is 91.5 Å². The van der Waals surface area contributed by atoms with Crippen LogP contribution in [0.5, 0.6) is 0 Å². The van der Waals surface area contributed by atoms with Crippen molar-refractivity contribution in [3.8, 4) is 0 Å². The van der Waals surface area contributed by atoms with E-state index in [1.165, 1.54) is 5.56 Å². The van der Waals surface area contributed by atoms with Crippen LogP contribution in [-0.4, -0.2) is 30.6 Å². The molecule has 3 N–H and O–H groups in total. The van der Waals surface area contributed by atoms with Crippen LogP contribution in [0.25, 0.3) is 0 Å². The van der Waals surface area contributed by atoms with Gasteiger partial charge in [0.05, 0.1) is 5.60 Å². The summed E-state index contributed by atoms with van der Waals surface area (Å²) in [4.78, 5) is 2.09. The molecular formula is C12H20N2O. The highest BCUT2D eigenvalue weighted by Crippen LogP contribution is 2.20. The van der Waals surface area contributed by atoms with Crippen molar-refractivity contribution in [2.45, 2.75) is 19.1 Å². The van der Waals surface area contributed by atoms with Crippen molar-refractivity contribution in [2.75, 3.05) is 20.6 Å². The van der Waals surface area contributed by atoms with Gasteiger partial charge in [0.15, 0.2) is 0 Å². The normalized spacial score (nSPS) is 15.3. The first kappa shape index (κ1) is 12.2. The van der Waals surface area contributed by atoms with Crippen molar-refractivity contribution >= 4 is 0 Å². The lowest BCUT2D eigenvalue weighted by Gasteiger charge is -2.22. The molecule has 0 bridgehead atoms. The van der Waals surface area contributed by atoms with Crippen LogP contribution in [0.15, 0.2) is 24.3 Å². The average Bonchev–Trinajstić information content (AvgIpc) is 2.17. The summed E-state index contributed by atoms with van der Waals surface area (Å²) in [6.45, 7) is 2.84. The summed E-state index contributed by atoms with van der Waals surface area (Å²) >= 11 is 0. The molecule has 0 aliphatic carbocycles. The third-order valence-electron chi connectivity index (χ3n) is 2.45. The maximum Gasteiger partial charge on any atom is 0.0990 e. The smallest absolute Gasteiger partial charge is 0.0990 e. The molecule has 0 saturated carbocycles. The van der Waals surface area contributed by atoms with Gasteiger partial charge in [-0.2, -0.15) is 0 Å². The Bertz CT molecular complexity index is 321. The summed E-state index contributed by atoms with van der Waals surface area (Å²) in [6, 6.07) is 7.92. The molecule has 0 heterocycles. The fourth-order valence-electron chi connectivity index (χ4n) is 1.49. The second kappa shape index (κ2) is 4.75. The second-order valence-corrected chi connectivity index (χ2v) is 4.42. The zero-order chi connectivity index (χ0) is 11.5. The van der Waals surface area contributed by atoms with Crippen LogP contribution in [0.4, 0.5) is 0 Å². The van der Waals surface area contributed by atoms with Gasteiger partial charge < -0.3 is 15.7 Å². The fraction of sp³-hybridized carbons (Fsp3) is 0.500. The number of nitrogens with two attached hydrogens (primary N) is 1. The van der Waals surface area contributed by atoms with Crippen LogP contribution in [0.2, 0.25) is 0 Å². The van der Waals surface area contributed by atoms with E-state index in [1.807, 2.05) is 32.3 Å². The molecule has 0 amide bonds. The van der Waals surface area contributed by atoms with Gasteiger partial charge in [-0.25, -0.2) is 0 Å². The lowest BCUT2D eigenvalue weighted by Crippen LogP contribution is -2.31. The van der Waals surface area contributed by atoms with Crippen LogP contribution >= 0.6 is 0 Å². The first-order valence-corrected chi connectivity index (χ1v) is 5.12. The molecule has 0 aliphatic heterocycles. The van der Waals surface area contributed by atoms with Crippen LogP contribution in [0.3, 0.4) is 0 Å². The van der Waals surface area contributed by atoms with Gasteiger partial charge in [-0.3, -0.25) is 0 Å². The van der Waals surface area contributed by atoms with E-state index < -0.39 is 5.60 Å². The molecule has 0 spiro atoms. The minimum atomic E-state index is -0.928. The third kappa shape index (κ3) is 3.30. The van der Waals surface area contributed by atoms with Crippen molar-refractivity contribution in [1.29, 1.82) is 0 Å². The van der Waals surface area contributed by atoms with Gasteiger partial charge in [0.1, 0.15) is 0 Å². The first-order valence-electron chi connectivity index (χ1n) is 5.12. The summed E-state index contributed by atoms with van der Waals surface area (Å²) < 4.78 is 0. The van der Waals surface area contributed by atoms with Crippen LogP contribution in [0.1, 0.15) is 18.1 Å². The predicted octanol–water partition coefficient (Wildman–Crippen LogP) is 0.914. The minimum absolute atomic E-state index is 0.235. The van der Waals surface area contributed by atoms with Crippen molar-refractivity contribution in [3.63, 3.8) is 0 Å². The number of rotatable bonds is 4. The average molecular weight is 208 g/mol. The first-order chi connectivity index (χ1) is 6.95. The largest absolute Gasteiger partial charge is 0.384 e. The summed E-state index contributed by atoms with van der Waals surface area (Å²) in [6.07, 6.45) is 0. The van der Waals surface area contributed by atoms with E-state index in [2.05, 4.69) is 11.0 Å². The van der Waals surface area contributed by atoms with E-state index >= 15 is 0 Å². The number of benzene rings is 1. The molecular weight excluding hydrogens is 188 g/mol. The van der Waals surface area contributed by atoms with Crippen LogP contribution in [-0.2, 0) is 12.1 Å². The van der Waals surface area contributed by atoms with Crippen molar-refractivity contribution in [1.82, 2.24) is 4.90 Å². The molecule has 1 atom stereocenters. The molecule has 0 saturated heterocycles. The Morgan fingerprint density at radius 2 is 2.07 bits per heavy atom. The Morgan fingerprint density at radius 1 is 1.40 bits per heavy atom. The predicted molar refractivity (Wildman–Crippen MR) is 62.5 cm³/mol. The van der Waals surface area contributed by atoms with Crippen molar-refractivity contribution in [3.05, 3.63) is 35.4 Å². The standard InChI is InChI=1S/C12H20N2O/c1-12(15,9-13)11-6-4-5-10(7-11)8-14(2)3/h4-7,15H,8-9,13H2,1-3H3. The Hall–Kier alpha value is -0.900. The quantitative estimate of drug-likeness (QED) is 0.773. The van der Waals surface area contributed by atoms with Gasteiger partial charge in [-0.1, -0.05) is 24.3 Å². The summed E-state index contributed by atoms with van der Waals surface area (Å²) in [7, 11) is 4.04. The molecule has 0 radical (unpaired) electrons. The topological polar surface area (TPSA) is 49.5 Å². The zero-order valence-electron chi connectivity index (χ0n) is 9.70. The molecule has 15 heavy (non-hydrogen) atoms. The van der Waals surface area contributed by atoms with Crippen molar-refractivity contribution in [2.24, 2.45) is 5.73 Å². The van der Waals surface area contributed by atoms with E-state index in [4.69, 9.17) is 5.73 Å². The summed E-state index contributed by atoms with van der Waals surface area (Å²) in [5.41, 5.74) is 6.67. The SMILES string of the molecule is CN(C)Cc1cccc(C(C)(O)CN)c1. The van der Waals surface area contributed by atoms with E-state index in [-0.39, 0.29) is 6.54 Å². The molecule has 3 heteroatoms.